The molecule has 2 heterocycles. The van der Waals surface area contributed by atoms with Gasteiger partial charge in [-0.2, -0.15) is 0 Å². The van der Waals surface area contributed by atoms with Crippen molar-refractivity contribution in [2.24, 2.45) is 0 Å². The van der Waals surface area contributed by atoms with Gasteiger partial charge in [-0.3, -0.25) is 4.79 Å². The van der Waals surface area contributed by atoms with E-state index in [9.17, 15) is 4.79 Å². The molecule has 2 fully saturated rings. The summed E-state index contributed by atoms with van der Waals surface area (Å²) in [5, 5.41) is 2.89. The number of hydrogen-bond donors (Lipinski definition) is 1. The summed E-state index contributed by atoms with van der Waals surface area (Å²) >= 11 is 0. The number of nitrogens with one attached hydrogen (secondary N) is 1. The van der Waals surface area contributed by atoms with Gasteiger partial charge >= 0.3 is 0 Å². The minimum absolute atomic E-state index is 0.0746. The van der Waals surface area contributed by atoms with Crippen molar-refractivity contribution in [1.82, 2.24) is 0 Å². The molecule has 120 valence electrons. The van der Waals surface area contributed by atoms with Crippen molar-refractivity contribution in [2.45, 2.75) is 38.4 Å². The molecule has 22 heavy (non-hydrogen) atoms. The smallest absolute Gasteiger partial charge is 0.229 e. The van der Waals surface area contributed by atoms with E-state index >= 15 is 0 Å². The van der Waals surface area contributed by atoms with E-state index in [1.54, 1.807) is 0 Å². The summed E-state index contributed by atoms with van der Waals surface area (Å²) in [6.07, 6.45) is 5.04. The van der Waals surface area contributed by atoms with Crippen molar-refractivity contribution in [3.05, 3.63) is 24.3 Å². The van der Waals surface area contributed by atoms with Crippen LogP contribution in [-0.2, 0) is 14.3 Å². The molecule has 1 amide bonds. The van der Waals surface area contributed by atoms with Crippen LogP contribution in [0, 0.1) is 0 Å². The van der Waals surface area contributed by atoms with Crippen LogP contribution >= 0.6 is 0 Å². The summed E-state index contributed by atoms with van der Waals surface area (Å²) in [6.45, 7) is 3.40. The Labute approximate surface area is 131 Å². The molecule has 0 spiro atoms. The molecule has 1 aromatic rings. The van der Waals surface area contributed by atoms with Crippen LogP contribution in [0.2, 0.25) is 0 Å². The van der Waals surface area contributed by atoms with Crippen LogP contribution in [0.15, 0.2) is 24.3 Å². The summed E-state index contributed by atoms with van der Waals surface area (Å²) in [4.78, 5) is 14.3. The van der Waals surface area contributed by atoms with Gasteiger partial charge < -0.3 is 19.7 Å². The highest BCUT2D eigenvalue weighted by Gasteiger charge is 2.19. The molecular weight excluding hydrogens is 280 g/mol. The number of carbonyl (C=O) groups is 1. The second kappa shape index (κ2) is 7.61. The minimum atomic E-state index is -0.392. The van der Waals surface area contributed by atoms with Gasteiger partial charge in [0.1, 0.15) is 0 Å². The number of amides is 1. The maximum Gasteiger partial charge on any atom is 0.229 e. The zero-order chi connectivity index (χ0) is 15.2. The molecule has 5 heteroatoms. The van der Waals surface area contributed by atoms with Gasteiger partial charge in [-0.15, -0.1) is 0 Å². The van der Waals surface area contributed by atoms with Crippen LogP contribution in [0.4, 0.5) is 11.4 Å². The molecular formula is C17H24N2O3. The zero-order valence-electron chi connectivity index (χ0n) is 12.9. The fourth-order valence-corrected chi connectivity index (χ4v) is 2.97. The molecule has 0 radical (unpaired) electrons. The Hall–Kier alpha value is -1.59. The Balaban J connectivity index is 1.53. The predicted molar refractivity (Wildman–Crippen MR) is 86.1 cm³/mol. The van der Waals surface area contributed by atoms with E-state index in [0.717, 1.165) is 18.8 Å². The topological polar surface area (TPSA) is 50.8 Å². The average molecular weight is 304 g/mol. The zero-order valence-corrected chi connectivity index (χ0v) is 12.9. The van der Waals surface area contributed by atoms with Crippen molar-refractivity contribution in [3.63, 3.8) is 0 Å². The third-order valence-corrected chi connectivity index (χ3v) is 4.17. The Morgan fingerprint density at radius 2 is 1.68 bits per heavy atom. The van der Waals surface area contributed by atoms with Crippen LogP contribution in [0.25, 0.3) is 0 Å². The lowest BCUT2D eigenvalue weighted by atomic mass is 10.2. The van der Waals surface area contributed by atoms with Crippen LogP contribution in [0.3, 0.4) is 0 Å². The fourth-order valence-electron chi connectivity index (χ4n) is 2.97. The van der Waals surface area contributed by atoms with Gasteiger partial charge in [0.15, 0.2) is 6.29 Å². The number of benzene rings is 1. The molecule has 0 aliphatic carbocycles. The monoisotopic (exact) mass is 304 g/mol. The lowest BCUT2D eigenvalue weighted by Crippen LogP contribution is -2.24. The van der Waals surface area contributed by atoms with Gasteiger partial charge in [-0.25, -0.2) is 0 Å². The van der Waals surface area contributed by atoms with Crippen LogP contribution in [0.5, 0.6) is 0 Å². The van der Waals surface area contributed by atoms with Gasteiger partial charge in [-0.1, -0.05) is 12.8 Å². The van der Waals surface area contributed by atoms with E-state index in [-0.39, 0.29) is 12.3 Å². The van der Waals surface area contributed by atoms with E-state index in [2.05, 4.69) is 22.3 Å². The second-order valence-electron chi connectivity index (χ2n) is 5.87. The number of nitrogens with zero attached hydrogens (tertiary/aromatic N) is 1. The van der Waals surface area contributed by atoms with Crippen LogP contribution in [-0.4, -0.2) is 38.5 Å². The van der Waals surface area contributed by atoms with Gasteiger partial charge in [0.25, 0.3) is 0 Å². The highest BCUT2D eigenvalue weighted by molar-refractivity contribution is 5.91. The Kier molecular flexibility index (Phi) is 5.29. The lowest BCUT2D eigenvalue weighted by molar-refractivity contribution is -0.124. The van der Waals surface area contributed by atoms with E-state index in [0.29, 0.717) is 13.2 Å². The molecule has 0 bridgehead atoms. The Morgan fingerprint density at radius 3 is 2.32 bits per heavy atom. The molecule has 2 aliphatic heterocycles. The molecule has 1 aromatic carbocycles. The number of hydrogen-bond acceptors (Lipinski definition) is 4. The molecule has 0 saturated carbocycles. The molecule has 1 N–H and O–H groups in total. The van der Waals surface area contributed by atoms with Gasteiger partial charge in [0, 0.05) is 24.5 Å². The first-order valence-corrected chi connectivity index (χ1v) is 8.19. The maximum absolute atomic E-state index is 11.9. The maximum atomic E-state index is 11.9. The molecule has 5 nitrogen and oxygen atoms in total. The van der Waals surface area contributed by atoms with Crippen molar-refractivity contribution < 1.29 is 14.3 Å². The highest BCUT2D eigenvalue weighted by Crippen LogP contribution is 2.22. The molecule has 0 atom stereocenters. The SMILES string of the molecule is O=C(CC1OCCO1)Nc1ccc(N2CCCCCC2)cc1. The lowest BCUT2D eigenvalue weighted by Gasteiger charge is -2.22. The number of anilines is 2. The first-order valence-electron chi connectivity index (χ1n) is 8.19. The van der Waals surface area contributed by atoms with E-state index in [4.69, 9.17) is 9.47 Å². The highest BCUT2D eigenvalue weighted by atomic mass is 16.7. The van der Waals surface area contributed by atoms with Crippen molar-refractivity contribution in [3.8, 4) is 0 Å². The normalized spacial score (nSPS) is 19.9. The molecule has 0 aromatic heterocycles. The Morgan fingerprint density at radius 1 is 1.05 bits per heavy atom. The van der Waals surface area contributed by atoms with E-state index in [1.807, 2.05) is 12.1 Å². The summed E-state index contributed by atoms with van der Waals surface area (Å²) in [5.41, 5.74) is 2.06. The first kappa shape index (κ1) is 15.3. The van der Waals surface area contributed by atoms with Crippen LogP contribution in [0.1, 0.15) is 32.1 Å². The molecule has 0 unspecified atom stereocenters. The van der Waals surface area contributed by atoms with Crippen molar-refractivity contribution in [1.29, 1.82) is 0 Å². The van der Waals surface area contributed by atoms with Crippen molar-refractivity contribution >= 4 is 17.3 Å². The third-order valence-electron chi connectivity index (χ3n) is 4.17. The summed E-state index contributed by atoms with van der Waals surface area (Å²) < 4.78 is 10.6. The minimum Gasteiger partial charge on any atom is -0.372 e. The van der Waals surface area contributed by atoms with Gasteiger partial charge in [-0.05, 0) is 37.1 Å². The van der Waals surface area contributed by atoms with Crippen LogP contribution < -0.4 is 10.2 Å². The fraction of sp³-hybridized carbons (Fsp3) is 0.588. The molecule has 3 rings (SSSR count). The summed E-state index contributed by atoms with van der Waals surface area (Å²) in [6, 6.07) is 8.11. The third kappa shape index (κ3) is 4.21. The molecule has 2 aliphatic rings. The largest absolute Gasteiger partial charge is 0.372 e. The number of ether oxygens (including phenoxy) is 2. The Bertz CT molecular complexity index is 475. The first-order chi connectivity index (χ1) is 10.8. The van der Waals surface area contributed by atoms with Gasteiger partial charge in [0.05, 0.1) is 19.6 Å². The quantitative estimate of drug-likeness (QED) is 0.929. The standard InChI is InChI=1S/C17H24N2O3/c20-16(13-17-21-11-12-22-17)18-14-5-7-15(8-6-14)19-9-3-1-2-4-10-19/h5-8,17H,1-4,9-13H2,(H,18,20). The number of carbonyl (C=O) groups excluding carboxylic acids is 1. The summed E-state index contributed by atoms with van der Waals surface area (Å²) in [7, 11) is 0. The van der Waals surface area contributed by atoms with E-state index in [1.165, 1.54) is 31.4 Å². The average Bonchev–Trinajstić information content (AvgIpc) is 2.87. The summed E-state index contributed by atoms with van der Waals surface area (Å²) in [5.74, 6) is -0.0746. The van der Waals surface area contributed by atoms with Crippen molar-refractivity contribution in [2.75, 3.05) is 36.5 Å². The predicted octanol–water partition coefficient (Wildman–Crippen LogP) is 2.77. The second-order valence-corrected chi connectivity index (χ2v) is 5.87. The van der Waals surface area contributed by atoms with E-state index < -0.39 is 6.29 Å². The molecule has 2 saturated heterocycles. The number of rotatable bonds is 4. The van der Waals surface area contributed by atoms with Gasteiger partial charge in [0.2, 0.25) is 5.91 Å².